The van der Waals surface area contributed by atoms with Gasteiger partial charge in [0.15, 0.2) is 0 Å². The van der Waals surface area contributed by atoms with Crippen molar-refractivity contribution >= 4 is 15.9 Å². The average molecular weight is 327 g/mol. The summed E-state index contributed by atoms with van der Waals surface area (Å²) in [4.78, 5) is 13.7. The zero-order chi connectivity index (χ0) is 16.5. The fourth-order valence-electron chi connectivity index (χ4n) is 3.07. The molecule has 0 spiro atoms. The van der Waals surface area contributed by atoms with Crippen molar-refractivity contribution in [3.63, 3.8) is 0 Å². The number of hydrogen-bond donors (Lipinski definition) is 0. The van der Waals surface area contributed by atoms with Crippen molar-refractivity contribution in [3.05, 3.63) is 18.0 Å². The highest BCUT2D eigenvalue weighted by atomic mass is 32.2. The molecule has 1 heterocycles. The smallest absolute Gasteiger partial charge is 0.269 e. The average Bonchev–Trinajstić information content (AvgIpc) is 3.08. The predicted octanol–water partition coefficient (Wildman–Crippen LogP) is 1.68. The van der Waals surface area contributed by atoms with Crippen molar-refractivity contribution in [3.8, 4) is 0 Å². The number of hydrogen-bond acceptors (Lipinski definition) is 3. The molecule has 7 heteroatoms. The lowest BCUT2D eigenvalue weighted by Crippen LogP contribution is -2.38. The predicted molar refractivity (Wildman–Crippen MR) is 85.3 cm³/mol. The van der Waals surface area contributed by atoms with E-state index in [2.05, 4.69) is 0 Å². The van der Waals surface area contributed by atoms with Crippen LogP contribution in [0.1, 0.15) is 43.1 Å². The molecular weight excluding hydrogens is 302 g/mol. The third-order valence-electron chi connectivity index (χ3n) is 4.26. The third-order valence-corrected chi connectivity index (χ3v) is 6.25. The Hall–Kier alpha value is -1.34. The minimum Gasteiger partial charge on any atom is -0.345 e. The topological polar surface area (TPSA) is 62.6 Å². The van der Waals surface area contributed by atoms with Crippen LogP contribution in [0.25, 0.3) is 0 Å². The second-order valence-corrected chi connectivity index (χ2v) is 7.91. The van der Waals surface area contributed by atoms with Gasteiger partial charge in [-0.05, 0) is 18.9 Å². The molecule has 124 valence electrons. The lowest BCUT2D eigenvalue weighted by atomic mass is 10.2. The van der Waals surface area contributed by atoms with Crippen molar-refractivity contribution in [1.82, 2.24) is 13.8 Å². The molecule has 1 fully saturated rings. The number of carbonyl (C=O) groups is 1. The van der Waals surface area contributed by atoms with Gasteiger partial charge in [0.05, 0.1) is 0 Å². The van der Waals surface area contributed by atoms with E-state index in [-0.39, 0.29) is 16.8 Å². The number of sulfonamides is 1. The van der Waals surface area contributed by atoms with Gasteiger partial charge in [0.2, 0.25) is 10.0 Å². The van der Waals surface area contributed by atoms with Crippen molar-refractivity contribution in [2.24, 2.45) is 7.05 Å². The first-order valence-corrected chi connectivity index (χ1v) is 9.13. The maximum Gasteiger partial charge on any atom is 0.269 e. The monoisotopic (exact) mass is 327 g/mol. The molecule has 6 nitrogen and oxygen atoms in total. The van der Waals surface area contributed by atoms with Gasteiger partial charge in [-0.2, -0.15) is 4.31 Å². The molecule has 0 N–H and O–H groups in total. The maximum absolute atomic E-state index is 12.9. The van der Waals surface area contributed by atoms with E-state index in [1.807, 2.05) is 6.92 Å². The molecule has 0 unspecified atom stereocenters. The number of aryl methyl sites for hydroxylation is 1. The molecule has 0 radical (unpaired) electrons. The van der Waals surface area contributed by atoms with E-state index in [1.165, 1.54) is 17.2 Å². The Morgan fingerprint density at radius 2 is 1.91 bits per heavy atom. The molecule has 0 atom stereocenters. The van der Waals surface area contributed by atoms with Crippen molar-refractivity contribution in [2.75, 3.05) is 20.6 Å². The number of carbonyl (C=O) groups excluding carboxylic acids is 1. The highest BCUT2D eigenvalue weighted by Crippen LogP contribution is 2.29. The molecule has 0 saturated heterocycles. The van der Waals surface area contributed by atoms with E-state index < -0.39 is 10.0 Å². The minimum absolute atomic E-state index is 0.0863. The molecule has 1 aliphatic carbocycles. The molecule has 2 rings (SSSR count). The molecule has 1 aromatic rings. The van der Waals surface area contributed by atoms with Gasteiger partial charge in [0.25, 0.3) is 5.91 Å². The Bertz CT molecular complexity index is 643. The van der Waals surface area contributed by atoms with Gasteiger partial charge in [-0.25, -0.2) is 8.42 Å². The van der Waals surface area contributed by atoms with Gasteiger partial charge in [0, 0.05) is 39.9 Å². The van der Waals surface area contributed by atoms with E-state index >= 15 is 0 Å². The lowest BCUT2D eigenvalue weighted by Gasteiger charge is -2.26. The summed E-state index contributed by atoms with van der Waals surface area (Å²) in [6.07, 6.45) is 5.53. The fourth-order valence-corrected chi connectivity index (χ4v) is 4.83. The Morgan fingerprint density at radius 3 is 2.41 bits per heavy atom. The fraction of sp³-hybridized carbons (Fsp3) is 0.667. The van der Waals surface area contributed by atoms with E-state index in [0.29, 0.717) is 12.2 Å². The molecular formula is C15H25N3O3S. The summed E-state index contributed by atoms with van der Waals surface area (Å²) in [5.41, 5.74) is 0.381. The molecule has 1 saturated carbocycles. The lowest BCUT2D eigenvalue weighted by molar-refractivity contribution is 0.0818. The molecule has 1 amide bonds. The van der Waals surface area contributed by atoms with Crippen LogP contribution in [0.4, 0.5) is 0 Å². The van der Waals surface area contributed by atoms with Crippen molar-refractivity contribution < 1.29 is 13.2 Å². The zero-order valence-corrected chi connectivity index (χ0v) is 14.6. The van der Waals surface area contributed by atoms with Gasteiger partial charge in [-0.15, -0.1) is 0 Å². The Balaban J connectivity index is 2.37. The summed E-state index contributed by atoms with van der Waals surface area (Å²) in [5.74, 6) is -0.201. The number of rotatable bonds is 5. The first-order chi connectivity index (χ1) is 10.3. The van der Waals surface area contributed by atoms with Crippen molar-refractivity contribution in [1.29, 1.82) is 0 Å². The summed E-state index contributed by atoms with van der Waals surface area (Å²) < 4.78 is 29.0. The Morgan fingerprint density at radius 1 is 1.32 bits per heavy atom. The van der Waals surface area contributed by atoms with Crippen LogP contribution in [0.3, 0.4) is 0 Å². The van der Waals surface area contributed by atoms with Gasteiger partial charge in [-0.1, -0.05) is 19.8 Å². The minimum atomic E-state index is -3.55. The van der Waals surface area contributed by atoms with Crippen LogP contribution in [-0.2, 0) is 17.1 Å². The first kappa shape index (κ1) is 17.0. The summed E-state index contributed by atoms with van der Waals surface area (Å²) in [6, 6.07) is 1.57. The number of aromatic nitrogens is 1. The first-order valence-electron chi connectivity index (χ1n) is 7.69. The van der Waals surface area contributed by atoms with Crippen LogP contribution in [-0.4, -0.2) is 54.8 Å². The second kappa shape index (κ2) is 6.42. The molecule has 0 aliphatic heterocycles. The highest BCUT2D eigenvalue weighted by Gasteiger charge is 2.33. The van der Waals surface area contributed by atoms with E-state index in [0.717, 1.165) is 25.7 Å². The van der Waals surface area contributed by atoms with Crippen LogP contribution in [0.15, 0.2) is 17.2 Å². The van der Waals surface area contributed by atoms with Gasteiger partial charge in [0.1, 0.15) is 10.6 Å². The van der Waals surface area contributed by atoms with E-state index in [9.17, 15) is 13.2 Å². The summed E-state index contributed by atoms with van der Waals surface area (Å²) >= 11 is 0. The van der Waals surface area contributed by atoms with Gasteiger partial charge >= 0.3 is 0 Å². The van der Waals surface area contributed by atoms with Crippen LogP contribution < -0.4 is 0 Å². The van der Waals surface area contributed by atoms with Gasteiger partial charge in [-0.3, -0.25) is 4.79 Å². The molecule has 0 aromatic carbocycles. The van der Waals surface area contributed by atoms with Crippen LogP contribution >= 0.6 is 0 Å². The SMILES string of the molecule is CCN(C1CCCC1)S(=O)(=O)c1cc(C(=O)N(C)C)n(C)c1. The quantitative estimate of drug-likeness (QED) is 0.826. The van der Waals surface area contributed by atoms with Crippen LogP contribution in [0, 0.1) is 0 Å². The third kappa shape index (κ3) is 3.05. The number of amides is 1. The highest BCUT2D eigenvalue weighted by molar-refractivity contribution is 7.89. The molecule has 1 aromatic heterocycles. The van der Waals surface area contributed by atoms with Gasteiger partial charge < -0.3 is 9.47 Å². The van der Waals surface area contributed by atoms with Crippen LogP contribution in [0.2, 0.25) is 0 Å². The zero-order valence-electron chi connectivity index (χ0n) is 13.7. The summed E-state index contributed by atoms with van der Waals surface area (Å²) in [7, 11) is 1.45. The van der Waals surface area contributed by atoms with Crippen LogP contribution in [0.5, 0.6) is 0 Å². The van der Waals surface area contributed by atoms with Crippen molar-refractivity contribution in [2.45, 2.75) is 43.5 Å². The Labute approximate surface area is 132 Å². The number of nitrogens with zero attached hydrogens (tertiary/aromatic N) is 3. The molecule has 1 aliphatic rings. The summed E-state index contributed by atoms with van der Waals surface area (Å²) in [6.45, 7) is 2.32. The Kier molecular flexibility index (Phi) is 4.97. The van der Waals surface area contributed by atoms with E-state index in [1.54, 1.807) is 30.0 Å². The maximum atomic E-state index is 12.9. The largest absolute Gasteiger partial charge is 0.345 e. The van der Waals surface area contributed by atoms with E-state index in [4.69, 9.17) is 0 Å². The molecule has 0 bridgehead atoms. The normalized spacial score (nSPS) is 16.4. The molecule has 22 heavy (non-hydrogen) atoms. The second-order valence-electron chi connectivity index (χ2n) is 6.02. The summed E-state index contributed by atoms with van der Waals surface area (Å²) in [5, 5.41) is 0. The standard InChI is InChI=1S/C15H25N3O3S/c1-5-18(12-8-6-7-9-12)22(20,21)13-10-14(17(4)11-13)15(19)16(2)3/h10-12H,5-9H2,1-4H3.